The molecule has 0 spiro atoms. The number of carbonyl (C=O) groups is 1. The highest BCUT2D eigenvalue weighted by Gasteiger charge is 2.46. The SMILES string of the molecule is CC(=O)c1cc(Cl)cc([S+]([O-])C(F)(F)F)c1. The molecule has 7 heteroatoms. The Bertz CT molecular complexity index is 420. The molecule has 0 heterocycles. The monoisotopic (exact) mass is 270 g/mol. The van der Waals surface area contributed by atoms with Gasteiger partial charge in [-0.2, -0.15) is 0 Å². The van der Waals surface area contributed by atoms with Crippen LogP contribution in [0.5, 0.6) is 0 Å². The minimum atomic E-state index is -4.86. The van der Waals surface area contributed by atoms with Gasteiger partial charge < -0.3 is 4.55 Å². The van der Waals surface area contributed by atoms with Crippen LogP contribution in [0.1, 0.15) is 17.3 Å². The number of hydrogen-bond acceptors (Lipinski definition) is 2. The lowest BCUT2D eigenvalue weighted by Crippen LogP contribution is -2.23. The Hall–Kier alpha value is -0.720. The molecule has 1 atom stereocenters. The number of ketones is 1. The van der Waals surface area contributed by atoms with E-state index in [1.165, 1.54) is 13.0 Å². The summed E-state index contributed by atoms with van der Waals surface area (Å²) in [6, 6.07) is 3.08. The number of benzene rings is 1. The van der Waals surface area contributed by atoms with Crippen molar-refractivity contribution in [3.05, 3.63) is 28.8 Å². The van der Waals surface area contributed by atoms with Gasteiger partial charge in [0.2, 0.25) is 0 Å². The molecule has 88 valence electrons. The Kier molecular flexibility index (Phi) is 3.88. The number of carbonyl (C=O) groups excluding carboxylic acids is 1. The van der Waals surface area contributed by atoms with Gasteiger partial charge in [0.15, 0.2) is 10.7 Å². The second-order valence-corrected chi connectivity index (χ2v) is 4.85. The molecule has 0 amide bonds. The first-order chi connectivity index (χ1) is 7.21. The van der Waals surface area contributed by atoms with Crippen LogP contribution >= 0.6 is 11.6 Å². The van der Waals surface area contributed by atoms with Crippen LogP contribution in [0.25, 0.3) is 0 Å². The van der Waals surface area contributed by atoms with E-state index in [-0.39, 0.29) is 10.6 Å². The van der Waals surface area contributed by atoms with E-state index in [4.69, 9.17) is 11.6 Å². The van der Waals surface area contributed by atoms with Gasteiger partial charge in [-0.25, -0.2) is 0 Å². The van der Waals surface area contributed by atoms with E-state index in [9.17, 15) is 22.5 Å². The van der Waals surface area contributed by atoms with Crippen LogP contribution < -0.4 is 0 Å². The lowest BCUT2D eigenvalue weighted by Gasteiger charge is -2.12. The fourth-order valence-electron chi connectivity index (χ4n) is 1.01. The van der Waals surface area contributed by atoms with Crippen molar-refractivity contribution in [1.82, 2.24) is 0 Å². The van der Waals surface area contributed by atoms with Crippen LogP contribution in [0.2, 0.25) is 5.02 Å². The van der Waals surface area contributed by atoms with Crippen molar-refractivity contribution >= 4 is 28.6 Å². The van der Waals surface area contributed by atoms with Gasteiger partial charge >= 0.3 is 5.51 Å². The molecule has 0 aliphatic rings. The fourth-order valence-corrected chi connectivity index (χ4v) is 2.04. The summed E-state index contributed by atoms with van der Waals surface area (Å²) < 4.78 is 47.5. The van der Waals surface area contributed by atoms with E-state index in [0.717, 1.165) is 12.1 Å². The molecule has 0 fully saturated rings. The predicted molar refractivity (Wildman–Crippen MR) is 53.9 cm³/mol. The van der Waals surface area contributed by atoms with Crippen LogP contribution in [0.15, 0.2) is 23.1 Å². The van der Waals surface area contributed by atoms with Crippen LogP contribution in [-0.4, -0.2) is 15.8 Å². The molecule has 0 N–H and O–H groups in total. The summed E-state index contributed by atoms with van der Waals surface area (Å²) in [5.74, 6) is -0.442. The summed E-state index contributed by atoms with van der Waals surface area (Å²) in [4.78, 5) is 10.5. The first kappa shape index (κ1) is 13.3. The van der Waals surface area contributed by atoms with Crippen molar-refractivity contribution < 1.29 is 22.5 Å². The predicted octanol–water partition coefficient (Wildman–Crippen LogP) is 3.17. The molecule has 2 nitrogen and oxygen atoms in total. The number of halogens is 4. The first-order valence-electron chi connectivity index (χ1n) is 4.02. The average molecular weight is 271 g/mol. The molecule has 1 rings (SSSR count). The summed E-state index contributed by atoms with van der Waals surface area (Å²) in [7, 11) is 0. The molecule has 1 unspecified atom stereocenters. The summed E-state index contributed by atoms with van der Waals surface area (Å²) in [5, 5.41) is -0.0553. The van der Waals surface area contributed by atoms with Crippen molar-refractivity contribution in [3.63, 3.8) is 0 Å². The highest BCUT2D eigenvalue weighted by Crippen LogP contribution is 2.32. The van der Waals surface area contributed by atoms with E-state index in [2.05, 4.69) is 0 Å². The molecule has 1 aromatic rings. The second-order valence-electron chi connectivity index (χ2n) is 2.95. The minimum absolute atomic E-state index is 0.0000926. The van der Waals surface area contributed by atoms with Gasteiger partial charge in [0.25, 0.3) is 0 Å². The lowest BCUT2D eigenvalue weighted by molar-refractivity contribution is -0.0435. The molecule has 1 aromatic carbocycles. The highest BCUT2D eigenvalue weighted by molar-refractivity contribution is 7.92. The molecular weight excluding hydrogens is 265 g/mol. The van der Waals surface area contributed by atoms with Crippen LogP contribution in [-0.2, 0) is 11.2 Å². The van der Waals surface area contributed by atoms with Crippen molar-refractivity contribution in [2.45, 2.75) is 17.3 Å². The summed E-state index contributed by atoms with van der Waals surface area (Å²) >= 11 is 2.36. The van der Waals surface area contributed by atoms with E-state index in [1.807, 2.05) is 0 Å². The zero-order valence-electron chi connectivity index (χ0n) is 7.97. The molecule has 0 radical (unpaired) electrons. The van der Waals surface area contributed by atoms with Gasteiger partial charge in [-0.1, -0.05) is 11.6 Å². The van der Waals surface area contributed by atoms with Crippen molar-refractivity contribution in [1.29, 1.82) is 0 Å². The molecule has 0 aliphatic heterocycles. The number of alkyl halides is 3. The van der Waals surface area contributed by atoms with Crippen molar-refractivity contribution in [2.24, 2.45) is 0 Å². The Balaban J connectivity index is 3.20. The molecule has 0 saturated heterocycles. The second kappa shape index (κ2) is 4.65. The fraction of sp³-hybridized carbons (Fsp3) is 0.222. The first-order valence-corrected chi connectivity index (χ1v) is 5.54. The van der Waals surface area contributed by atoms with Gasteiger partial charge in [-0.05, 0) is 13.0 Å². The minimum Gasteiger partial charge on any atom is -0.604 e. The summed E-state index contributed by atoms with van der Waals surface area (Å²) in [6.07, 6.45) is 0. The van der Waals surface area contributed by atoms with Crippen LogP contribution in [0.3, 0.4) is 0 Å². The number of rotatable bonds is 2. The smallest absolute Gasteiger partial charge is 0.578 e. The van der Waals surface area contributed by atoms with Gasteiger partial charge in [-0.15, -0.1) is 13.2 Å². The zero-order valence-corrected chi connectivity index (χ0v) is 9.54. The molecule has 0 bridgehead atoms. The third-order valence-corrected chi connectivity index (χ3v) is 3.00. The topological polar surface area (TPSA) is 40.1 Å². The molecule has 0 aliphatic carbocycles. The summed E-state index contributed by atoms with van der Waals surface area (Å²) in [6.45, 7) is 1.19. The van der Waals surface area contributed by atoms with E-state index >= 15 is 0 Å². The zero-order chi connectivity index (χ0) is 12.5. The van der Waals surface area contributed by atoms with Crippen LogP contribution in [0, 0.1) is 0 Å². The highest BCUT2D eigenvalue weighted by atomic mass is 35.5. The maximum atomic E-state index is 12.2. The third kappa shape index (κ3) is 3.13. The van der Waals surface area contributed by atoms with Gasteiger partial charge in [-0.3, -0.25) is 4.79 Å². The van der Waals surface area contributed by atoms with Crippen molar-refractivity contribution in [3.8, 4) is 0 Å². The van der Waals surface area contributed by atoms with E-state index in [1.54, 1.807) is 0 Å². The molecule has 0 aromatic heterocycles. The molecular formula is C9H6ClF3O2S. The third-order valence-electron chi connectivity index (χ3n) is 1.70. The van der Waals surface area contributed by atoms with Crippen molar-refractivity contribution in [2.75, 3.05) is 0 Å². The van der Waals surface area contributed by atoms with Gasteiger partial charge in [0.1, 0.15) is 0 Å². The van der Waals surface area contributed by atoms with E-state index < -0.39 is 27.4 Å². The Morgan fingerprint density at radius 3 is 2.38 bits per heavy atom. The summed E-state index contributed by atoms with van der Waals surface area (Å²) in [5.41, 5.74) is -4.86. The average Bonchev–Trinajstić information content (AvgIpc) is 2.14. The molecule has 0 saturated carbocycles. The maximum Gasteiger partial charge on any atom is 0.578 e. The standard InChI is InChI=1S/C9H6ClF3O2S/c1-5(14)6-2-7(10)4-8(3-6)16(15)9(11,12)13/h2-4H,1H3. The quantitative estimate of drug-likeness (QED) is 0.612. The van der Waals surface area contributed by atoms with Gasteiger partial charge in [0.05, 0.1) is 11.2 Å². The Labute approximate surface area is 97.6 Å². The van der Waals surface area contributed by atoms with Crippen LogP contribution in [0.4, 0.5) is 13.2 Å². The Morgan fingerprint density at radius 2 is 1.94 bits per heavy atom. The maximum absolute atomic E-state index is 12.2. The largest absolute Gasteiger partial charge is 0.604 e. The Morgan fingerprint density at radius 1 is 1.38 bits per heavy atom. The lowest BCUT2D eigenvalue weighted by atomic mass is 10.1. The normalized spacial score (nSPS) is 13.6. The van der Waals surface area contributed by atoms with Gasteiger partial charge in [0, 0.05) is 22.7 Å². The van der Waals surface area contributed by atoms with E-state index in [0.29, 0.717) is 0 Å². The molecule has 16 heavy (non-hydrogen) atoms. The number of hydrogen-bond donors (Lipinski definition) is 0. The number of Topliss-reactive ketones (excluding diaryl/α,β-unsaturated/α-hetero) is 1.